The van der Waals surface area contributed by atoms with Gasteiger partial charge in [-0.2, -0.15) is 13.2 Å². The fourth-order valence-corrected chi connectivity index (χ4v) is 4.27. The molecule has 32 heavy (non-hydrogen) atoms. The minimum atomic E-state index is -4.50. The number of piperidine rings is 1. The molecule has 0 N–H and O–H groups in total. The third-order valence-electron chi connectivity index (χ3n) is 6.06. The first kappa shape index (κ1) is 20.4. The fraction of sp³-hybridized carbons (Fsp3) is 0.304. The second kappa shape index (κ2) is 7.58. The summed E-state index contributed by atoms with van der Waals surface area (Å²) >= 11 is 0. The first-order valence-corrected chi connectivity index (χ1v) is 10.2. The average molecular weight is 440 g/mol. The molecule has 3 aromatic rings. The Balaban J connectivity index is 1.27. The van der Waals surface area contributed by atoms with E-state index in [-0.39, 0.29) is 5.60 Å². The second-order valence-electron chi connectivity index (χ2n) is 8.12. The summed E-state index contributed by atoms with van der Waals surface area (Å²) in [7, 11) is 0. The predicted molar refractivity (Wildman–Crippen MR) is 111 cm³/mol. The Morgan fingerprint density at radius 2 is 1.75 bits per heavy atom. The number of ether oxygens (including phenoxy) is 1. The van der Waals surface area contributed by atoms with Gasteiger partial charge in [-0.15, -0.1) is 0 Å². The number of anilines is 1. The predicted octanol–water partition coefficient (Wildman–Crippen LogP) is 4.34. The third kappa shape index (κ3) is 3.79. The molecular weight excluding hydrogens is 421 g/mol. The summed E-state index contributed by atoms with van der Waals surface area (Å²) in [5, 5.41) is 0. The molecule has 2 aromatic heterocycles. The van der Waals surface area contributed by atoms with E-state index in [1.165, 1.54) is 6.20 Å². The Hall–Kier alpha value is -3.49. The number of hydrogen-bond acceptors (Lipinski definition) is 6. The quantitative estimate of drug-likeness (QED) is 0.565. The Bertz CT molecular complexity index is 1140. The molecule has 4 heterocycles. The van der Waals surface area contributed by atoms with Gasteiger partial charge in [0.05, 0.1) is 24.3 Å². The van der Waals surface area contributed by atoms with Crippen LogP contribution in [0.5, 0.6) is 5.75 Å². The van der Waals surface area contributed by atoms with Crippen molar-refractivity contribution in [2.75, 3.05) is 18.0 Å². The van der Waals surface area contributed by atoms with Crippen molar-refractivity contribution < 1.29 is 22.7 Å². The standard InChI is InChI=1S/C23H19F3N4O2/c24-23(25,26)20-12-29-21(13-28-20)30-7-5-22(6-8-30)10-17-9-18(27-11-19(17)32-22)16-3-1-15(14-31)2-4-16/h1-4,9,11-14H,5-8,10H2. The van der Waals surface area contributed by atoms with Crippen molar-refractivity contribution in [3.05, 3.63) is 65.7 Å². The van der Waals surface area contributed by atoms with Crippen molar-refractivity contribution in [3.63, 3.8) is 0 Å². The Morgan fingerprint density at radius 1 is 1.00 bits per heavy atom. The van der Waals surface area contributed by atoms with Crippen LogP contribution in [-0.2, 0) is 12.6 Å². The van der Waals surface area contributed by atoms with Gasteiger partial charge < -0.3 is 9.64 Å². The van der Waals surface area contributed by atoms with Crippen LogP contribution >= 0.6 is 0 Å². The normalized spacial score (nSPS) is 17.2. The van der Waals surface area contributed by atoms with Gasteiger partial charge in [0.2, 0.25) is 0 Å². The van der Waals surface area contributed by atoms with Crippen LogP contribution < -0.4 is 9.64 Å². The van der Waals surface area contributed by atoms with Crippen LogP contribution in [0.15, 0.2) is 48.9 Å². The van der Waals surface area contributed by atoms with Gasteiger partial charge in [-0.1, -0.05) is 24.3 Å². The average Bonchev–Trinajstić information content (AvgIpc) is 3.16. The molecule has 6 nitrogen and oxygen atoms in total. The molecule has 2 aliphatic heterocycles. The molecule has 1 spiro atoms. The monoisotopic (exact) mass is 440 g/mol. The lowest BCUT2D eigenvalue weighted by molar-refractivity contribution is -0.141. The summed E-state index contributed by atoms with van der Waals surface area (Å²) in [5.74, 6) is 1.20. The fourth-order valence-electron chi connectivity index (χ4n) is 4.27. The first-order chi connectivity index (χ1) is 15.4. The summed E-state index contributed by atoms with van der Waals surface area (Å²) in [5.41, 5.74) is 2.10. The molecule has 1 aromatic carbocycles. The molecule has 0 aliphatic carbocycles. The number of carbonyl (C=O) groups is 1. The lowest BCUT2D eigenvalue weighted by Crippen LogP contribution is -2.47. The molecule has 9 heteroatoms. The zero-order valence-corrected chi connectivity index (χ0v) is 17.0. The van der Waals surface area contributed by atoms with E-state index in [2.05, 4.69) is 15.0 Å². The van der Waals surface area contributed by atoms with Gasteiger partial charge in [0.15, 0.2) is 5.69 Å². The van der Waals surface area contributed by atoms with Crippen LogP contribution in [-0.4, -0.2) is 39.9 Å². The molecule has 1 fully saturated rings. The zero-order chi connectivity index (χ0) is 22.3. The highest BCUT2D eigenvalue weighted by Gasteiger charge is 2.42. The lowest BCUT2D eigenvalue weighted by atomic mass is 9.87. The molecule has 0 bridgehead atoms. The summed E-state index contributed by atoms with van der Waals surface area (Å²) in [6.07, 6.45) is 2.18. The number of aromatic nitrogens is 3. The van der Waals surface area contributed by atoms with Gasteiger partial charge in [0.1, 0.15) is 23.5 Å². The van der Waals surface area contributed by atoms with Gasteiger partial charge in [0.25, 0.3) is 0 Å². The number of carbonyl (C=O) groups excluding carboxylic acids is 1. The molecule has 0 amide bonds. The molecule has 1 saturated heterocycles. The number of nitrogens with zero attached hydrogens (tertiary/aromatic N) is 4. The van der Waals surface area contributed by atoms with Crippen LogP contribution in [0.1, 0.15) is 34.5 Å². The zero-order valence-electron chi connectivity index (χ0n) is 17.0. The number of halogens is 3. The number of rotatable bonds is 3. The van der Waals surface area contributed by atoms with Crippen LogP contribution in [0.25, 0.3) is 11.3 Å². The molecule has 0 saturated carbocycles. The lowest BCUT2D eigenvalue weighted by Gasteiger charge is -2.39. The number of alkyl halides is 3. The molecule has 5 rings (SSSR count). The Labute approximate surface area is 182 Å². The number of fused-ring (bicyclic) bond motifs is 1. The van der Waals surface area contributed by atoms with Crippen LogP contribution in [0, 0.1) is 0 Å². The van der Waals surface area contributed by atoms with Crippen molar-refractivity contribution in [1.82, 2.24) is 15.0 Å². The van der Waals surface area contributed by atoms with Gasteiger partial charge in [0, 0.05) is 49.0 Å². The van der Waals surface area contributed by atoms with E-state index in [0.717, 1.165) is 41.5 Å². The van der Waals surface area contributed by atoms with Gasteiger partial charge in [-0.3, -0.25) is 9.78 Å². The highest BCUT2D eigenvalue weighted by molar-refractivity contribution is 5.76. The Kier molecular flexibility index (Phi) is 4.83. The highest BCUT2D eigenvalue weighted by Crippen LogP contribution is 2.42. The van der Waals surface area contributed by atoms with E-state index >= 15 is 0 Å². The summed E-state index contributed by atoms with van der Waals surface area (Å²) in [6.45, 7) is 1.23. The van der Waals surface area contributed by atoms with E-state index in [1.54, 1.807) is 18.3 Å². The first-order valence-electron chi connectivity index (χ1n) is 10.2. The molecule has 2 aliphatic rings. The topological polar surface area (TPSA) is 68.2 Å². The number of benzene rings is 1. The van der Waals surface area contributed by atoms with E-state index in [4.69, 9.17) is 4.74 Å². The number of aldehydes is 1. The minimum Gasteiger partial charge on any atom is -0.485 e. The highest BCUT2D eigenvalue weighted by atomic mass is 19.4. The number of hydrogen-bond donors (Lipinski definition) is 0. The van der Waals surface area contributed by atoms with Crippen molar-refractivity contribution in [2.45, 2.75) is 31.0 Å². The van der Waals surface area contributed by atoms with E-state index in [1.807, 2.05) is 23.1 Å². The second-order valence-corrected chi connectivity index (χ2v) is 8.12. The van der Waals surface area contributed by atoms with Gasteiger partial charge in [-0.25, -0.2) is 9.97 Å². The minimum absolute atomic E-state index is 0.347. The summed E-state index contributed by atoms with van der Waals surface area (Å²) in [6, 6.07) is 9.28. The van der Waals surface area contributed by atoms with Crippen molar-refractivity contribution >= 4 is 12.1 Å². The van der Waals surface area contributed by atoms with Gasteiger partial charge in [-0.05, 0) is 6.07 Å². The third-order valence-corrected chi connectivity index (χ3v) is 6.06. The molecule has 0 radical (unpaired) electrons. The van der Waals surface area contributed by atoms with Crippen molar-refractivity contribution in [1.29, 1.82) is 0 Å². The SMILES string of the molecule is O=Cc1ccc(-c2cc3c(cn2)OC2(CCN(c4cnc(C(F)(F)F)cn4)CC2)C3)cc1. The van der Waals surface area contributed by atoms with E-state index in [9.17, 15) is 18.0 Å². The van der Waals surface area contributed by atoms with Crippen LogP contribution in [0.4, 0.5) is 19.0 Å². The molecular formula is C23H19F3N4O2. The molecule has 0 unspecified atom stereocenters. The molecule has 0 atom stereocenters. The number of pyridine rings is 1. The maximum Gasteiger partial charge on any atom is 0.434 e. The maximum absolute atomic E-state index is 12.7. The largest absolute Gasteiger partial charge is 0.485 e. The maximum atomic E-state index is 12.7. The van der Waals surface area contributed by atoms with E-state index in [0.29, 0.717) is 37.3 Å². The smallest absolute Gasteiger partial charge is 0.434 e. The van der Waals surface area contributed by atoms with Crippen LogP contribution in [0.3, 0.4) is 0 Å². The Morgan fingerprint density at radius 3 is 2.38 bits per heavy atom. The van der Waals surface area contributed by atoms with Gasteiger partial charge >= 0.3 is 6.18 Å². The van der Waals surface area contributed by atoms with E-state index < -0.39 is 11.9 Å². The van der Waals surface area contributed by atoms with Crippen molar-refractivity contribution in [2.24, 2.45) is 0 Å². The van der Waals surface area contributed by atoms with Crippen molar-refractivity contribution in [3.8, 4) is 17.0 Å². The van der Waals surface area contributed by atoms with Crippen LogP contribution in [0.2, 0.25) is 0 Å². The summed E-state index contributed by atoms with van der Waals surface area (Å²) in [4.78, 5) is 24.8. The summed E-state index contributed by atoms with van der Waals surface area (Å²) < 4.78 is 44.4. The molecule has 164 valence electrons.